The van der Waals surface area contributed by atoms with Crippen molar-refractivity contribution in [3.63, 3.8) is 0 Å². The number of hydrogen-bond donors (Lipinski definition) is 2. The first-order chi connectivity index (χ1) is 5.81. The molecular weight excluding hydrogens is 174 g/mol. The average Bonchev–Trinajstić information content (AvgIpc) is 2.10. The second kappa shape index (κ2) is 8.62. The van der Waals surface area contributed by atoms with E-state index in [9.17, 15) is 4.79 Å². The number of carbonyl (C=O) groups excluding carboxylic acids is 1. The molecule has 0 aliphatic heterocycles. The van der Waals surface area contributed by atoms with Crippen LogP contribution < -0.4 is 5.32 Å². The minimum Gasteiger partial charge on any atom is -0.379 e. The van der Waals surface area contributed by atoms with E-state index in [4.69, 9.17) is 4.74 Å². The van der Waals surface area contributed by atoms with Gasteiger partial charge >= 0.3 is 0 Å². The van der Waals surface area contributed by atoms with E-state index in [0.717, 1.165) is 6.42 Å². The maximum atomic E-state index is 10.6. The molecule has 1 N–H and O–H groups in total. The lowest BCUT2D eigenvalue weighted by Gasteiger charge is -2.03. The zero-order chi connectivity index (χ0) is 9.23. The fourth-order valence-corrected chi connectivity index (χ4v) is 0.699. The molecule has 70 valence electrons. The Morgan fingerprint density at radius 1 is 1.58 bits per heavy atom. The van der Waals surface area contributed by atoms with Gasteiger partial charge in [0.15, 0.2) is 0 Å². The molecule has 0 aliphatic carbocycles. The van der Waals surface area contributed by atoms with Crippen LogP contribution >= 0.6 is 12.6 Å². The molecule has 0 aromatic rings. The summed E-state index contributed by atoms with van der Waals surface area (Å²) in [6.45, 7) is 5.33. The van der Waals surface area contributed by atoms with Gasteiger partial charge < -0.3 is 10.1 Å². The Morgan fingerprint density at radius 3 is 2.92 bits per heavy atom. The first kappa shape index (κ1) is 11.5. The fourth-order valence-electron chi connectivity index (χ4n) is 0.587. The van der Waals surface area contributed by atoms with Crippen LogP contribution in [0.15, 0.2) is 12.7 Å². The standard InChI is InChI=1S/C8H15NO2S/c1-2-3-5-11-6-4-9-8(10)7-12/h2,12H,1,3-7H2,(H,9,10). The summed E-state index contributed by atoms with van der Waals surface area (Å²) < 4.78 is 5.16. The van der Waals surface area contributed by atoms with Crippen molar-refractivity contribution < 1.29 is 9.53 Å². The van der Waals surface area contributed by atoms with Gasteiger partial charge in [0.2, 0.25) is 5.91 Å². The molecule has 0 fully saturated rings. The molecule has 0 aliphatic rings. The Balaban J connectivity index is 3.00. The summed E-state index contributed by atoms with van der Waals surface area (Å²) in [7, 11) is 0. The second-order valence-electron chi connectivity index (χ2n) is 2.20. The fraction of sp³-hybridized carbons (Fsp3) is 0.625. The Morgan fingerprint density at radius 2 is 2.33 bits per heavy atom. The van der Waals surface area contributed by atoms with Gasteiger partial charge in [0.25, 0.3) is 0 Å². The van der Waals surface area contributed by atoms with Crippen LogP contribution in [0.4, 0.5) is 0 Å². The Labute approximate surface area is 78.6 Å². The molecular formula is C8H15NO2S. The molecule has 12 heavy (non-hydrogen) atoms. The van der Waals surface area contributed by atoms with Crippen molar-refractivity contribution in [1.82, 2.24) is 5.32 Å². The van der Waals surface area contributed by atoms with E-state index in [2.05, 4.69) is 24.5 Å². The molecule has 0 heterocycles. The largest absolute Gasteiger partial charge is 0.379 e. The number of ether oxygens (including phenoxy) is 1. The Hall–Kier alpha value is -0.480. The van der Waals surface area contributed by atoms with Gasteiger partial charge in [-0.1, -0.05) is 6.08 Å². The minimum absolute atomic E-state index is 0.0642. The lowest BCUT2D eigenvalue weighted by atomic mass is 10.4. The van der Waals surface area contributed by atoms with Crippen molar-refractivity contribution in [3.8, 4) is 0 Å². The van der Waals surface area contributed by atoms with E-state index in [0.29, 0.717) is 19.8 Å². The number of nitrogens with one attached hydrogen (secondary N) is 1. The molecule has 0 saturated carbocycles. The number of hydrogen-bond acceptors (Lipinski definition) is 3. The lowest BCUT2D eigenvalue weighted by molar-refractivity contribution is -0.118. The third-order valence-electron chi connectivity index (χ3n) is 1.18. The molecule has 0 aromatic heterocycles. The van der Waals surface area contributed by atoms with Crippen molar-refractivity contribution in [2.45, 2.75) is 6.42 Å². The number of rotatable bonds is 7. The van der Waals surface area contributed by atoms with Gasteiger partial charge in [-0.15, -0.1) is 6.58 Å². The van der Waals surface area contributed by atoms with Crippen molar-refractivity contribution in [1.29, 1.82) is 0 Å². The minimum atomic E-state index is -0.0642. The van der Waals surface area contributed by atoms with Gasteiger partial charge in [-0.05, 0) is 6.42 Å². The predicted molar refractivity (Wildman–Crippen MR) is 52.5 cm³/mol. The van der Waals surface area contributed by atoms with Crippen LogP contribution in [0.25, 0.3) is 0 Å². The van der Waals surface area contributed by atoms with Crippen LogP contribution in [-0.2, 0) is 9.53 Å². The predicted octanol–water partition coefficient (Wildman–Crippen LogP) is 0.625. The summed E-state index contributed by atoms with van der Waals surface area (Å²) in [4.78, 5) is 10.6. The molecule has 1 amide bonds. The molecule has 0 bridgehead atoms. The highest BCUT2D eigenvalue weighted by Gasteiger charge is 1.94. The molecule has 0 radical (unpaired) electrons. The molecule has 0 rings (SSSR count). The van der Waals surface area contributed by atoms with E-state index in [1.807, 2.05) is 0 Å². The smallest absolute Gasteiger partial charge is 0.229 e. The van der Waals surface area contributed by atoms with Gasteiger partial charge in [0.1, 0.15) is 0 Å². The molecule has 3 nitrogen and oxygen atoms in total. The van der Waals surface area contributed by atoms with Crippen LogP contribution in [-0.4, -0.2) is 31.4 Å². The van der Waals surface area contributed by atoms with E-state index in [-0.39, 0.29) is 11.7 Å². The Bertz CT molecular complexity index is 139. The zero-order valence-corrected chi connectivity index (χ0v) is 7.98. The summed E-state index contributed by atoms with van der Waals surface area (Å²) >= 11 is 3.81. The third-order valence-corrected chi connectivity index (χ3v) is 1.47. The molecule has 0 spiro atoms. The molecule has 0 aromatic carbocycles. The van der Waals surface area contributed by atoms with Crippen molar-refractivity contribution in [3.05, 3.63) is 12.7 Å². The highest BCUT2D eigenvalue weighted by molar-refractivity contribution is 7.81. The summed E-state index contributed by atoms with van der Waals surface area (Å²) in [6, 6.07) is 0. The van der Waals surface area contributed by atoms with E-state index in [1.165, 1.54) is 0 Å². The van der Waals surface area contributed by atoms with E-state index >= 15 is 0 Å². The summed E-state index contributed by atoms with van der Waals surface area (Å²) in [6.07, 6.45) is 2.65. The number of thiol groups is 1. The molecule has 4 heteroatoms. The number of amides is 1. The topological polar surface area (TPSA) is 38.3 Å². The van der Waals surface area contributed by atoms with Crippen molar-refractivity contribution >= 4 is 18.5 Å². The van der Waals surface area contributed by atoms with Crippen LogP contribution in [0.5, 0.6) is 0 Å². The van der Waals surface area contributed by atoms with Gasteiger partial charge in [-0.3, -0.25) is 4.79 Å². The normalized spacial score (nSPS) is 9.42. The number of carbonyl (C=O) groups is 1. The maximum Gasteiger partial charge on any atom is 0.229 e. The monoisotopic (exact) mass is 189 g/mol. The van der Waals surface area contributed by atoms with Crippen molar-refractivity contribution in [2.24, 2.45) is 0 Å². The average molecular weight is 189 g/mol. The van der Waals surface area contributed by atoms with Gasteiger partial charge in [0, 0.05) is 6.54 Å². The summed E-state index contributed by atoms with van der Waals surface area (Å²) in [5.41, 5.74) is 0. The quantitative estimate of drug-likeness (QED) is 0.350. The van der Waals surface area contributed by atoms with Gasteiger partial charge in [-0.2, -0.15) is 12.6 Å². The second-order valence-corrected chi connectivity index (χ2v) is 2.51. The van der Waals surface area contributed by atoms with Crippen LogP contribution in [0, 0.1) is 0 Å². The highest BCUT2D eigenvalue weighted by Crippen LogP contribution is 1.81. The van der Waals surface area contributed by atoms with E-state index < -0.39 is 0 Å². The third kappa shape index (κ3) is 7.63. The first-order valence-electron chi connectivity index (χ1n) is 3.87. The van der Waals surface area contributed by atoms with E-state index in [1.54, 1.807) is 6.08 Å². The zero-order valence-electron chi connectivity index (χ0n) is 7.08. The lowest BCUT2D eigenvalue weighted by Crippen LogP contribution is -2.28. The van der Waals surface area contributed by atoms with Crippen molar-refractivity contribution in [2.75, 3.05) is 25.5 Å². The molecule has 0 saturated heterocycles. The summed E-state index contributed by atoms with van der Waals surface area (Å²) in [5, 5.41) is 2.64. The SMILES string of the molecule is C=CCCOCCNC(=O)CS. The van der Waals surface area contributed by atoms with Gasteiger partial charge in [0.05, 0.1) is 19.0 Å². The van der Waals surface area contributed by atoms with Crippen LogP contribution in [0.2, 0.25) is 0 Å². The van der Waals surface area contributed by atoms with Crippen LogP contribution in [0.3, 0.4) is 0 Å². The maximum absolute atomic E-state index is 10.6. The highest BCUT2D eigenvalue weighted by atomic mass is 32.1. The summed E-state index contributed by atoms with van der Waals surface area (Å²) in [5.74, 6) is 0.165. The molecule has 0 atom stereocenters. The Kier molecular flexibility index (Phi) is 8.27. The molecule has 0 unspecified atom stereocenters. The first-order valence-corrected chi connectivity index (χ1v) is 4.50. The van der Waals surface area contributed by atoms with Gasteiger partial charge in [-0.25, -0.2) is 0 Å². The van der Waals surface area contributed by atoms with Crippen LogP contribution in [0.1, 0.15) is 6.42 Å².